The van der Waals surface area contributed by atoms with Gasteiger partial charge in [0.1, 0.15) is 0 Å². The van der Waals surface area contributed by atoms with Crippen LogP contribution in [-0.4, -0.2) is 32.4 Å². The molecule has 1 saturated carbocycles. The zero-order valence-corrected chi connectivity index (χ0v) is 13.6. The maximum atomic E-state index is 6.41. The number of aryl methyl sites for hydroxylation is 1. The van der Waals surface area contributed by atoms with Crippen molar-refractivity contribution in [2.75, 3.05) is 20.2 Å². The normalized spacial score (nSPS) is 24.0. The third kappa shape index (κ3) is 5.10. The molecule has 0 aromatic heterocycles. The summed E-state index contributed by atoms with van der Waals surface area (Å²) in [7, 11) is 1.81. The molecular weight excluding hydrogens is 262 g/mol. The molecule has 1 aliphatic rings. The van der Waals surface area contributed by atoms with Gasteiger partial charge in [0.2, 0.25) is 0 Å². The molecule has 1 N–H and O–H groups in total. The lowest BCUT2D eigenvalue weighted by Gasteiger charge is -2.31. The van der Waals surface area contributed by atoms with Crippen LogP contribution < -0.4 is 5.32 Å². The lowest BCUT2D eigenvalue weighted by Crippen LogP contribution is -2.32. The molecule has 3 heteroatoms. The van der Waals surface area contributed by atoms with E-state index in [9.17, 15) is 0 Å². The Morgan fingerprint density at radius 2 is 1.90 bits per heavy atom. The van der Waals surface area contributed by atoms with Crippen LogP contribution in [0, 0.1) is 6.92 Å². The maximum absolute atomic E-state index is 6.41. The molecule has 0 heterocycles. The first kappa shape index (κ1) is 16.5. The summed E-state index contributed by atoms with van der Waals surface area (Å²) in [5, 5.41) is 3.42. The van der Waals surface area contributed by atoms with E-state index in [2.05, 4.69) is 43.4 Å². The van der Waals surface area contributed by atoms with Crippen LogP contribution in [0.3, 0.4) is 0 Å². The number of likely N-dealkylation sites (N-methyl/N-ethyl adjacent to an activating group) is 1. The lowest BCUT2D eigenvalue weighted by molar-refractivity contribution is -0.0655. The molecule has 1 aromatic carbocycles. The van der Waals surface area contributed by atoms with Crippen LogP contribution in [-0.2, 0) is 9.47 Å². The molecule has 0 amide bonds. The molecule has 0 bridgehead atoms. The van der Waals surface area contributed by atoms with Crippen molar-refractivity contribution in [2.45, 2.75) is 57.8 Å². The Kier molecular flexibility index (Phi) is 6.68. The van der Waals surface area contributed by atoms with E-state index in [1.807, 2.05) is 7.11 Å². The second-order valence-corrected chi connectivity index (χ2v) is 5.99. The van der Waals surface area contributed by atoms with E-state index in [-0.39, 0.29) is 6.10 Å². The first-order valence-electron chi connectivity index (χ1n) is 8.18. The molecule has 1 fully saturated rings. The zero-order chi connectivity index (χ0) is 15.1. The molecule has 21 heavy (non-hydrogen) atoms. The van der Waals surface area contributed by atoms with Crippen molar-refractivity contribution < 1.29 is 9.47 Å². The third-order valence-electron chi connectivity index (χ3n) is 4.30. The lowest BCUT2D eigenvalue weighted by atomic mass is 9.94. The fraction of sp³-hybridized carbons (Fsp3) is 0.667. The molecule has 0 saturated heterocycles. The first-order valence-corrected chi connectivity index (χ1v) is 8.18. The van der Waals surface area contributed by atoms with Crippen molar-refractivity contribution in [1.29, 1.82) is 0 Å². The highest BCUT2D eigenvalue weighted by Crippen LogP contribution is 2.28. The van der Waals surface area contributed by atoms with Gasteiger partial charge in [-0.1, -0.05) is 36.8 Å². The van der Waals surface area contributed by atoms with Gasteiger partial charge >= 0.3 is 0 Å². The minimum Gasteiger partial charge on any atom is -0.381 e. The van der Waals surface area contributed by atoms with E-state index in [1.165, 1.54) is 24.0 Å². The smallest absolute Gasteiger partial charge is 0.0952 e. The Morgan fingerprint density at radius 3 is 2.57 bits per heavy atom. The SMILES string of the molecule is CCNCC(OC1CCCC(OC)C1)c1ccc(C)cc1. The van der Waals surface area contributed by atoms with E-state index in [1.54, 1.807) is 0 Å². The highest BCUT2D eigenvalue weighted by Gasteiger charge is 2.25. The van der Waals surface area contributed by atoms with Gasteiger partial charge in [-0.3, -0.25) is 0 Å². The Hall–Kier alpha value is -0.900. The van der Waals surface area contributed by atoms with E-state index in [4.69, 9.17) is 9.47 Å². The van der Waals surface area contributed by atoms with Gasteiger partial charge in [0, 0.05) is 13.7 Å². The predicted molar refractivity (Wildman–Crippen MR) is 86.6 cm³/mol. The quantitative estimate of drug-likeness (QED) is 0.832. The molecule has 0 radical (unpaired) electrons. The van der Waals surface area contributed by atoms with Crippen LogP contribution in [0.2, 0.25) is 0 Å². The van der Waals surface area contributed by atoms with Gasteiger partial charge in [0.25, 0.3) is 0 Å². The van der Waals surface area contributed by atoms with Crippen molar-refractivity contribution in [2.24, 2.45) is 0 Å². The fourth-order valence-corrected chi connectivity index (χ4v) is 2.97. The van der Waals surface area contributed by atoms with E-state index < -0.39 is 0 Å². The predicted octanol–water partition coefficient (Wildman–Crippen LogP) is 3.62. The molecule has 1 aliphatic carbocycles. The monoisotopic (exact) mass is 291 g/mol. The van der Waals surface area contributed by atoms with E-state index in [0.29, 0.717) is 12.2 Å². The third-order valence-corrected chi connectivity index (χ3v) is 4.30. The molecular formula is C18H29NO2. The molecule has 118 valence electrons. The highest BCUT2D eigenvalue weighted by molar-refractivity contribution is 5.23. The van der Waals surface area contributed by atoms with Crippen LogP contribution in [0.4, 0.5) is 0 Å². The Morgan fingerprint density at radius 1 is 1.19 bits per heavy atom. The number of nitrogens with one attached hydrogen (secondary N) is 1. The van der Waals surface area contributed by atoms with Crippen molar-refractivity contribution in [3.8, 4) is 0 Å². The Bertz CT molecular complexity index is 404. The summed E-state index contributed by atoms with van der Waals surface area (Å²) in [6, 6.07) is 8.70. The average molecular weight is 291 g/mol. The van der Waals surface area contributed by atoms with Crippen LogP contribution in [0.1, 0.15) is 49.8 Å². The number of methoxy groups -OCH3 is 1. The minimum atomic E-state index is 0.131. The van der Waals surface area contributed by atoms with E-state index in [0.717, 1.165) is 25.9 Å². The molecule has 3 unspecified atom stereocenters. The standard InChI is InChI=1S/C18H29NO2/c1-4-19-13-18(15-10-8-14(2)9-11-15)21-17-7-5-6-16(12-17)20-3/h8-11,16-19H,4-7,12-13H2,1-3H3. The van der Waals surface area contributed by atoms with Gasteiger partial charge in [-0.25, -0.2) is 0 Å². The molecule has 3 nitrogen and oxygen atoms in total. The summed E-state index contributed by atoms with van der Waals surface area (Å²) in [6.07, 6.45) is 5.34. The van der Waals surface area contributed by atoms with Crippen molar-refractivity contribution >= 4 is 0 Å². The summed E-state index contributed by atoms with van der Waals surface area (Å²) in [5.41, 5.74) is 2.55. The van der Waals surface area contributed by atoms with Gasteiger partial charge in [-0.05, 0) is 44.7 Å². The second kappa shape index (κ2) is 8.52. The minimum absolute atomic E-state index is 0.131. The van der Waals surface area contributed by atoms with Crippen molar-refractivity contribution in [1.82, 2.24) is 5.32 Å². The topological polar surface area (TPSA) is 30.5 Å². The molecule has 0 aliphatic heterocycles. The molecule has 2 rings (SSSR count). The van der Waals surface area contributed by atoms with Gasteiger partial charge in [-0.2, -0.15) is 0 Å². The number of ether oxygens (including phenoxy) is 2. The van der Waals surface area contributed by atoms with Crippen LogP contribution >= 0.6 is 0 Å². The van der Waals surface area contributed by atoms with E-state index >= 15 is 0 Å². The van der Waals surface area contributed by atoms with Crippen LogP contribution in [0.15, 0.2) is 24.3 Å². The van der Waals surface area contributed by atoms with Crippen molar-refractivity contribution in [3.63, 3.8) is 0 Å². The zero-order valence-electron chi connectivity index (χ0n) is 13.6. The van der Waals surface area contributed by atoms with Gasteiger partial charge in [0.05, 0.1) is 18.3 Å². The summed E-state index contributed by atoms with van der Waals surface area (Å²) in [4.78, 5) is 0. The second-order valence-electron chi connectivity index (χ2n) is 5.99. The van der Waals surface area contributed by atoms with Gasteiger partial charge in [-0.15, -0.1) is 0 Å². The average Bonchev–Trinajstić information content (AvgIpc) is 2.52. The fourth-order valence-electron chi connectivity index (χ4n) is 2.97. The number of hydrogen-bond acceptors (Lipinski definition) is 3. The maximum Gasteiger partial charge on any atom is 0.0952 e. The first-order chi connectivity index (χ1) is 10.2. The molecule has 1 aromatic rings. The number of hydrogen-bond donors (Lipinski definition) is 1. The molecule has 3 atom stereocenters. The van der Waals surface area contributed by atoms with Crippen LogP contribution in [0.25, 0.3) is 0 Å². The Labute approximate surface area is 129 Å². The van der Waals surface area contributed by atoms with Crippen LogP contribution in [0.5, 0.6) is 0 Å². The van der Waals surface area contributed by atoms with Gasteiger partial charge in [0.15, 0.2) is 0 Å². The van der Waals surface area contributed by atoms with Gasteiger partial charge < -0.3 is 14.8 Å². The summed E-state index contributed by atoms with van der Waals surface area (Å²) >= 11 is 0. The molecule has 0 spiro atoms. The number of rotatable bonds is 7. The Balaban J connectivity index is 2.00. The summed E-state index contributed by atoms with van der Waals surface area (Å²) in [5.74, 6) is 0. The largest absolute Gasteiger partial charge is 0.381 e. The summed E-state index contributed by atoms with van der Waals surface area (Å²) < 4.78 is 11.9. The number of benzene rings is 1. The summed E-state index contributed by atoms with van der Waals surface area (Å²) in [6.45, 7) is 6.09. The van der Waals surface area contributed by atoms with Crippen molar-refractivity contribution in [3.05, 3.63) is 35.4 Å². The highest BCUT2D eigenvalue weighted by atomic mass is 16.5.